The Hall–Kier alpha value is -1.11. The van der Waals surface area contributed by atoms with Crippen LogP contribution in [0.15, 0.2) is 30.3 Å². The van der Waals surface area contributed by atoms with Crippen molar-refractivity contribution < 1.29 is 13.2 Å². The Morgan fingerprint density at radius 1 is 1.19 bits per heavy atom. The van der Waals surface area contributed by atoms with Crippen molar-refractivity contribution >= 4 is 10.0 Å². The molecule has 1 aliphatic rings. The van der Waals surface area contributed by atoms with Crippen LogP contribution in [-0.4, -0.2) is 63.2 Å². The van der Waals surface area contributed by atoms with E-state index in [4.69, 9.17) is 4.74 Å². The van der Waals surface area contributed by atoms with Crippen LogP contribution in [0, 0.1) is 0 Å². The molecular weight excluding hydrogens is 288 g/mol. The first kappa shape index (κ1) is 16.3. The Morgan fingerprint density at radius 3 is 2.38 bits per heavy atom. The normalized spacial score (nSPS) is 18.0. The summed E-state index contributed by atoms with van der Waals surface area (Å²) in [4.78, 5) is 2.17. The molecule has 2 rings (SSSR count). The van der Waals surface area contributed by atoms with E-state index in [-0.39, 0.29) is 12.4 Å². The van der Waals surface area contributed by atoms with E-state index >= 15 is 0 Å². The molecule has 0 bridgehead atoms. The maximum Gasteiger partial charge on any atom is 0.217 e. The van der Waals surface area contributed by atoms with Gasteiger partial charge in [0.2, 0.25) is 10.0 Å². The first-order valence-corrected chi connectivity index (χ1v) is 8.92. The van der Waals surface area contributed by atoms with Crippen LogP contribution in [0.4, 0.5) is 0 Å². The molecule has 1 aliphatic heterocycles. The molecule has 0 amide bonds. The highest BCUT2D eigenvalue weighted by Gasteiger charge is 2.28. The smallest absolute Gasteiger partial charge is 0.217 e. The number of sulfonamides is 1. The molecule has 1 aromatic carbocycles. The van der Waals surface area contributed by atoms with E-state index in [1.807, 2.05) is 44.4 Å². The fourth-order valence-corrected chi connectivity index (χ4v) is 3.87. The summed E-state index contributed by atoms with van der Waals surface area (Å²) in [6.45, 7) is 1.41. The van der Waals surface area contributed by atoms with Gasteiger partial charge in [-0.05, 0) is 39.1 Å². The summed E-state index contributed by atoms with van der Waals surface area (Å²) in [6.07, 6.45) is 1.79. The molecule has 0 aromatic heterocycles. The molecule has 0 atom stereocenters. The van der Waals surface area contributed by atoms with Gasteiger partial charge in [-0.2, -0.15) is 0 Å². The molecule has 6 heteroatoms. The molecule has 1 fully saturated rings. The summed E-state index contributed by atoms with van der Waals surface area (Å²) in [5.41, 5.74) is 0. The standard InChI is InChI=1S/C15H24N2O3S/c1-16(2)14-8-10-17(11-9-14)21(18,19)13-12-20-15-6-4-3-5-7-15/h3-7,14H,8-13H2,1-2H3. The Kier molecular flexibility index (Phi) is 5.61. The summed E-state index contributed by atoms with van der Waals surface area (Å²) in [6, 6.07) is 9.78. The van der Waals surface area contributed by atoms with Crippen molar-refractivity contribution in [3.63, 3.8) is 0 Å². The van der Waals surface area contributed by atoms with Crippen LogP contribution in [0.1, 0.15) is 12.8 Å². The van der Waals surface area contributed by atoms with Crippen molar-refractivity contribution in [2.75, 3.05) is 39.5 Å². The Labute approximate surface area is 127 Å². The lowest BCUT2D eigenvalue weighted by Crippen LogP contribution is -2.45. The van der Waals surface area contributed by atoms with Gasteiger partial charge in [-0.25, -0.2) is 12.7 Å². The topological polar surface area (TPSA) is 49.9 Å². The molecule has 21 heavy (non-hydrogen) atoms. The highest BCUT2D eigenvalue weighted by Crippen LogP contribution is 2.17. The maximum atomic E-state index is 12.3. The molecule has 1 aromatic rings. The van der Waals surface area contributed by atoms with Crippen molar-refractivity contribution in [3.8, 4) is 5.75 Å². The Bertz CT molecular complexity index is 523. The molecule has 118 valence electrons. The molecule has 0 saturated carbocycles. The molecule has 0 aliphatic carbocycles. The van der Waals surface area contributed by atoms with Crippen molar-refractivity contribution in [2.24, 2.45) is 0 Å². The zero-order valence-electron chi connectivity index (χ0n) is 12.7. The number of hydrogen-bond donors (Lipinski definition) is 0. The lowest BCUT2D eigenvalue weighted by Gasteiger charge is -2.34. The summed E-state index contributed by atoms with van der Waals surface area (Å²) < 4.78 is 31.6. The summed E-state index contributed by atoms with van der Waals surface area (Å²) >= 11 is 0. The van der Waals surface area contributed by atoms with Crippen LogP contribution < -0.4 is 4.74 Å². The van der Waals surface area contributed by atoms with Gasteiger partial charge < -0.3 is 9.64 Å². The second-order valence-corrected chi connectivity index (χ2v) is 7.66. The zero-order valence-corrected chi connectivity index (χ0v) is 13.6. The molecule has 0 N–H and O–H groups in total. The molecular formula is C15H24N2O3S. The van der Waals surface area contributed by atoms with Crippen LogP contribution in [-0.2, 0) is 10.0 Å². The third kappa shape index (κ3) is 4.69. The minimum absolute atomic E-state index is 0.0362. The van der Waals surface area contributed by atoms with Crippen LogP contribution in [0.25, 0.3) is 0 Å². The van der Waals surface area contributed by atoms with Gasteiger partial charge >= 0.3 is 0 Å². The number of para-hydroxylation sites is 1. The Balaban J connectivity index is 1.80. The van der Waals surface area contributed by atoms with E-state index in [1.54, 1.807) is 4.31 Å². The quantitative estimate of drug-likeness (QED) is 0.797. The molecule has 5 nitrogen and oxygen atoms in total. The van der Waals surface area contributed by atoms with Crippen molar-refractivity contribution in [2.45, 2.75) is 18.9 Å². The number of nitrogens with zero attached hydrogens (tertiary/aromatic N) is 2. The molecule has 0 unspecified atom stereocenters. The number of hydrogen-bond acceptors (Lipinski definition) is 4. The first-order chi connectivity index (χ1) is 9.99. The van der Waals surface area contributed by atoms with E-state index in [1.165, 1.54) is 0 Å². The maximum absolute atomic E-state index is 12.3. The van der Waals surface area contributed by atoms with Crippen LogP contribution in [0.5, 0.6) is 5.75 Å². The van der Waals surface area contributed by atoms with Gasteiger partial charge in [-0.15, -0.1) is 0 Å². The summed E-state index contributed by atoms with van der Waals surface area (Å²) in [5.74, 6) is 0.744. The predicted molar refractivity (Wildman–Crippen MR) is 84.0 cm³/mol. The lowest BCUT2D eigenvalue weighted by atomic mass is 10.1. The van der Waals surface area contributed by atoms with Crippen molar-refractivity contribution in [1.29, 1.82) is 0 Å². The Morgan fingerprint density at radius 2 is 1.81 bits per heavy atom. The van der Waals surface area contributed by atoms with Crippen LogP contribution in [0.2, 0.25) is 0 Å². The van der Waals surface area contributed by atoms with Gasteiger partial charge in [0.15, 0.2) is 0 Å². The van der Waals surface area contributed by atoms with E-state index in [2.05, 4.69) is 4.90 Å². The lowest BCUT2D eigenvalue weighted by molar-refractivity contribution is 0.196. The van der Waals surface area contributed by atoms with Gasteiger partial charge in [-0.3, -0.25) is 0 Å². The molecule has 0 radical (unpaired) electrons. The monoisotopic (exact) mass is 312 g/mol. The number of piperidine rings is 1. The average molecular weight is 312 g/mol. The van der Waals surface area contributed by atoms with Gasteiger partial charge in [0.05, 0.1) is 5.75 Å². The van der Waals surface area contributed by atoms with E-state index < -0.39 is 10.0 Å². The third-order valence-corrected chi connectivity index (χ3v) is 5.73. The van der Waals surface area contributed by atoms with Crippen LogP contribution in [0.3, 0.4) is 0 Å². The van der Waals surface area contributed by atoms with Crippen molar-refractivity contribution in [1.82, 2.24) is 9.21 Å². The second-order valence-electron chi connectivity index (χ2n) is 5.57. The van der Waals surface area contributed by atoms with Gasteiger partial charge in [0.25, 0.3) is 0 Å². The second kappa shape index (κ2) is 7.24. The number of ether oxygens (including phenoxy) is 1. The van der Waals surface area contributed by atoms with E-state index in [0.29, 0.717) is 24.9 Å². The predicted octanol–water partition coefficient (Wildman–Crippen LogP) is 1.42. The molecule has 1 heterocycles. The van der Waals surface area contributed by atoms with Gasteiger partial charge in [0, 0.05) is 19.1 Å². The largest absolute Gasteiger partial charge is 0.492 e. The van der Waals surface area contributed by atoms with E-state index in [9.17, 15) is 8.42 Å². The number of benzene rings is 1. The minimum Gasteiger partial charge on any atom is -0.492 e. The average Bonchev–Trinajstić information content (AvgIpc) is 2.48. The van der Waals surface area contributed by atoms with Gasteiger partial charge in [-0.1, -0.05) is 18.2 Å². The summed E-state index contributed by atoms with van der Waals surface area (Å²) in [7, 11) is 0.876. The highest BCUT2D eigenvalue weighted by atomic mass is 32.2. The summed E-state index contributed by atoms with van der Waals surface area (Å²) in [5, 5.41) is 0. The van der Waals surface area contributed by atoms with Crippen LogP contribution >= 0.6 is 0 Å². The minimum atomic E-state index is -3.21. The third-order valence-electron chi connectivity index (χ3n) is 3.90. The molecule has 1 saturated heterocycles. The van der Waals surface area contributed by atoms with E-state index in [0.717, 1.165) is 12.8 Å². The zero-order chi connectivity index (χ0) is 15.3. The number of rotatable bonds is 6. The molecule has 0 spiro atoms. The first-order valence-electron chi connectivity index (χ1n) is 7.31. The SMILES string of the molecule is CN(C)C1CCN(S(=O)(=O)CCOc2ccccc2)CC1. The highest BCUT2D eigenvalue weighted by molar-refractivity contribution is 7.89. The van der Waals surface area contributed by atoms with Gasteiger partial charge in [0.1, 0.15) is 12.4 Å². The van der Waals surface area contributed by atoms with Crippen molar-refractivity contribution in [3.05, 3.63) is 30.3 Å². The fraction of sp³-hybridized carbons (Fsp3) is 0.600. The fourth-order valence-electron chi connectivity index (χ4n) is 2.55.